The third kappa shape index (κ3) is 13.8. The molecule has 0 saturated heterocycles. The average Bonchev–Trinajstić information content (AvgIpc) is 1.55. The van der Waals surface area contributed by atoms with Crippen LogP contribution in [0.3, 0.4) is 0 Å². The predicted octanol–water partition coefficient (Wildman–Crippen LogP) is 12.2. The van der Waals surface area contributed by atoms with Crippen molar-refractivity contribution >= 4 is 96.8 Å². The van der Waals surface area contributed by atoms with E-state index in [0.717, 1.165) is 35.0 Å². The van der Waals surface area contributed by atoms with Crippen molar-refractivity contribution in [1.29, 1.82) is 0 Å². The molecule has 6 aromatic carbocycles. The van der Waals surface area contributed by atoms with Crippen molar-refractivity contribution in [2.45, 2.75) is 131 Å². The fourth-order valence-corrected chi connectivity index (χ4v) is 15.5. The van der Waals surface area contributed by atoms with E-state index in [0.29, 0.717) is 72.5 Å². The minimum absolute atomic E-state index is 0. The number of rotatable bonds is 22. The van der Waals surface area contributed by atoms with Crippen LogP contribution in [0.4, 0.5) is 11.4 Å². The van der Waals surface area contributed by atoms with E-state index >= 15 is 0 Å². The Morgan fingerprint density at radius 2 is 1.14 bits per heavy atom. The maximum atomic E-state index is 13.2. The number of carbonyl (C=O) groups excluding carboxylic acids is 1. The van der Waals surface area contributed by atoms with Crippen molar-refractivity contribution in [3.63, 3.8) is 0 Å². The minimum Gasteiger partial charge on any atom is -0.508 e. The van der Waals surface area contributed by atoms with Gasteiger partial charge in [0.05, 0.1) is 21.1 Å². The summed E-state index contributed by atoms with van der Waals surface area (Å²) in [5.74, 6) is 1.46. The van der Waals surface area contributed by atoms with E-state index < -0.39 is 70.9 Å². The molecule has 0 radical (unpaired) electrons. The van der Waals surface area contributed by atoms with E-state index in [1.165, 1.54) is 24.3 Å². The molecule has 84 heavy (non-hydrogen) atoms. The highest BCUT2D eigenvalue weighted by atomic mass is 32.2. The van der Waals surface area contributed by atoms with Gasteiger partial charge in [-0.25, -0.2) is 0 Å². The number of anilines is 1. The SMILES string of the molecule is C.C.CCC(c1ccc(O)cc1)C(CSCNC(=O)CCCCC[N+]1=C(C=CC=CC=C2N(CC)c3ccc4c(S(=O)(=O)O)cc(S(=O)(=O)O)cc4c3C2(C)C)C(C)(C)c2c1ccc1c(S(=O)(=O)O)cc(S(=O)(=O)O)cc21)c1ccc(O)cc1. The summed E-state index contributed by atoms with van der Waals surface area (Å²) in [6, 6.07) is 24.5. The molecule has 0 bridgehead atoms. The largest absolute Gasteiger partial charge is 0.508 e. The first-order chi connectivity index (χ1) is 38.4. The van der Waals surface area contributed by atoms with Gasteiger partial charge in [-0.3, -0.25) is 23.0 Å². The van der Waals surface area contributed by atoms with E-state index in [9.17, 15) is 66.9 Å². The smallest absolute Gasteiger partial charge is 0.295 e. The minimum atomic E-state index is -4.99. The Hall–Kier alpha value is -6.41. The first-order valence-corrected chi connectivity index (χ1v) is 33.3. The fourth-order valence-electron chi connectivity index (χ4n) is 11.7. The van der Waals surface area contributed by atoms with E-state index in [2.05, 4.69) is 12.2 Å². The molecular formula is C61H74N3O15S5+. The van der Waals surface area contributed by atoms with Crippen LogP contribution < -0.4 is 10.2 Å². The van der Waals surface area contributed by atoms with Crippen LogP contribution in [0.1, 0.15) is 123 Å². The Kier molecular flexibility index (Phi) is 20.4. The van der Waals surface area contributed by atoms with Gasteiger partial charge in [0.15, 0.2) is 5.71 Å². The lowest BCUT2D eigenvalue weighted by atomic mass is 9.79. The molecule has 18 nitrogen and oxygen atoms in total. The molecule has 23 heteroatoms. The molecular weight excluding hydrogens is 1180 g/mol. The second-order valence-electron chi connectivity index (χ2n) is 21.4. The summed E-state index contributed by atoms with van der Waals surface area (Å²) >= 11 is 1.59. The maximum absolute atomic E-state index is 13.2. The van der Waals surface area contributed by atoms with Crippen molar-refractivity contribution in [3.05, 3.63) is 155 Å². The molecule has 7 N–H and O–H groups in total. The van der Waals surface area contributed by atoms with Crippen LogP contribution >= 0.6 is 11.8 Å². The number of nitrogens with one attached hydrogen (secondary N) is 1. The number of hydrogen-bond donors (Lipinski definition) is 7. The zero-order valence-corrected chi connectivity index (χ0v) is 50.0. The van der Waals surface area contributed by atoms with Crippen LogP contribution in [0.5, 0.6) is 11.5 Å². The number of fused-ring (bicyclic) bond motifs is 6. The van der Waals surface area contributed by atoms with E-state index in [1.54, 1.807) is 66.4 Å². The van der Waals surface area contributed by atoms with Gasteiger partial charge >= 0.3 is 0 Å². The number of phenols is 2. The number of allylic oxidation sites excluding steroid dienone is 6. The van der Waals surface area contributed by atoms with Gasteiger partial charge < -0.3 is 20.4 Å². The van der Waals surface area contributed by atoms with Crippen molar-refractivity contribution in [1.82, 2.24) is 5.32 Å². The first kappa shape index (κ1) is 66.7. The Bertz CT molecular complexity index is 4100. The van der Waals surface area contributed by atoms with Gasteiger partial charge in [-0.15, -0.1) is 11.8 Å². The first-order valence-electron chi connectivity index (χ1n) is 26.4. The molecule has 2 heterocycles. The highest BCUT2D eigenvalue weighted by Crippen LogP contribution is 2.52. The standard InChI is InChI=1S/C59H65N3O15S5.2CH4/c1-7-43(37-18-22-39(63)23-19-37)48(38-20-24-40(64)25-21-38)35-78-36-60-55(65)17-13-10-14-30-62-50-29-27-45-47(32-42(80(69,70)71)34-52(45)82(75,76)77)57(50)59(5,6)54(62)16-12-9-11-15-53-58(3,4)56-46-31-41(79(66,67)68)33-51(81(72,73)74)44(46)26-28-49(56)61(53)8-2;;/h9,11-12,15-16,18-29,31-34,43,48H,7-8,10,13-14,17,30,35-36H2,1-6H3,(H6-,60,63,64,65,66,67,68,69,70,71,72,73,74,75,76,77);2*1H4/p+1. The number of phenolic OH excluding ortho intramolecular Hbond substituents is 2. The quantitative estimate of drug-likeness (QED) is 0.0109. The number of carbonyl (C=O) groups is 1. The van der Waals surface area contributed by atoms with Gasteiger partial charge in [0, 0.05) is 70.4 Å². The molecule has 0 fully saturated rings. The summed E-state index contributed by atoms with van der Waals surface area (Å²) in [4.78, 5) is 12.4. The van der Waals surface area contributed by atoms with E-state index in [-0.39, 0.29) is 72.1 Å². The number of benzene rings is 6. The lowest BCUT2D eigenvalue weighted by Crippen LogP contribution is -2.28. The Morgan fingerprint density at radius 3 is 1.65 bits per heavy atom. The van der Waals surface area contributed by atoms with Gasteiger partial charge in [-0.2, -0.15) is 38.2 Å². The van der Waals surface area contributed by atoms with Crippen molar-refractivity contribution < 1.29 is 71.5 Å². The van der Waals surface area contributed by atoms with Gasteiger partial charge in [-0.1, -0.05) is 84.2 Å². The van der Waals surface area contributed by atoms with Gasteiger partial charge in [0.2, 0.25) is 11.6 Å². The molecule has 0 aliphatic carbocycles. The highest BCUT2D eigenvalue weighted by molar-refractivity contribution is 7.99. The molecule has 0 aromatic heterocycles. The average molecular weight is 1250 g/mol. The second kappa shape index (κ2) is 25.7. The van der Waals surface area contributed by atoms with Crippen molar-refractivity contribution in [3.8, 4) is 11.5 Å². The van der Waals surface area contributed by atoms with Crippen LogP contribution in [0.25, 0.3) is 21.5 Å². The third-order valence-electron chi connectivity index (χ3n) is 15.5. The number of amides is 1. The molecule has 2 unspecified atom stereocenters. The summed E-state index contributed by atoms with van der Waals surface area (Å²) < 4.78 is 143. The van der Waals surface area contributed by atoms with Gasteiger partial charge in [-0.05, 0) is 146 Å². The number of aromatic hydroxyl groups is 2. The number of hydrogen-bond acceptors (Lipinski definition) is 13. The number of unbranched alkanes of at least 4 members (excludes halogenated alkanes) is 2. The molecule has 0 saturated carbocycles. The van der Waals surface area contributed by atoms with Crippen molar-refractivity contribution in [2.24, 2.45) is 0 Å². The fraction of sp³-hybridized carbons (Fsp3) is 0.344. The topological polar surface area (TPSA) is 293 Å². The summed E-state index contributed by atoms with van der Waals surface area (Å²) in [7, 11) is -19.8. The highest BCUT2D eigenvalue weighted by Gasteiger charge is 2.46. The number of likely N-dealkylation sites (N-methyl/N-ethyl adjacent to an activating group) is 1. The zero-order chi connectivity index (χ0) is 59.9. The van der Waals surface area contributed by atoms with Crippen LogP contribution in [-0.4, -0.2) is 103 Å². The molecule has 8 rings (SSSR count). The van der Waals surface area contributed by atoms with Crippen LogP contribution in [0.2, 0.25) is 0 Å². The lowest BCUT2D eigenvalue weighted by Gasteiger charge is -2.27. The monoisotopic (exact) mass is 1250 g/mol. The van der Waals surface area contributed by atoms with Crippen LogP contribution in [0, 0.1) is 0 Å². The summed E-state index contributed by atoms with van der Waals surface area (Å²) in [5.41, 5.74) is 4.15. The zero-order valence-electron chi connectivity index (χ0n) is 45.9. The van der Waals surface area contributed by atoms with Gasteiger partial charge in [0.1, 0.15) is 27.8 Å². The summed E-state index contributed by atoms with van der Waals surface area (Å²) in [6.07, 6.45) is 12.0. The Labute approximate surface area is 497 Å². The van der Waals surface area contributed by atoms with Crippen molar-refractivity contribution in [2.75, 3.05) is 29.6 Å². The normalized spacial score (nSPS) is 16.3. The summed E-state index contributed by atoms with van der Waals surface area (Å²) in [6.45, 7) is 12.4. The Morgan fingerprint density at radius 1 is 0.619 bits per heavy atom. The predicted molar refractivity (Wildman–Crippen MR) is 332 cm³/mol. The molecule has 2 aliphatic heterocycles. The number of nitrogens with zero attached hydrogens (tertiary/aromatic N) is 2. The maximum Gasteiger partial charge on any atom is 0.295 e. The molecule has 6 aromatic rings. The molecule has 452 valence electrons. The number of thioether (sulfide) groups is 1. The van der Waals surface area contributed by atoms with E-state index in [1.807, 2.05) is 80.5 Å². The molecule has 1 amide bonds. The van der Waals surface area contributed by atoms with Crippen LogP contribution in [-0.2, 0) is 56.1 Å². The molecule has 2 aliphatic rings. The molecule has 0 spiro atoms. The second-order valence-corrected chi connectivity index (χ2v) is 28.1. The summed E-state index contributed by atoms with van der Waals surface area (Å²) in [5, 5.41) is 23.4. The lowest BCUT2D eigenvalue weighted by molar-refractivity contribution is -0.438. The molecule has 2 atom stereocenters. The van der Waals surface area contributed by atoms with Gasteiger partial charge in [0.25, 0.3) is 40.5 Å². The Balaban J connectivity index is 0.00000566. The third-order valence-corrected chi connectivity index (χ3v) is 19.9. The van der Waals surface area contributed by atoms with Crippen LogP contribution in [0.15, 0.2) is 153 Å². The van der Waals surface area contributed by atoms with E-state index in [4.69, 9.17) is 0 Å².